The lowest BCUT2D eigenvalue weighted by Crippen LogP contribution is -2.05. The van der Waals surface area contributed by atoms with Crippen molar-refractivity contribution >= 4 is 11.7 Å². The number of ether oxygens (including phenoxy) is 1. The molecule has 3 N–H and O–H groups in total. The van der Waals surface area contributed by atoms with Crippen molar-refractivity contribution in [3.63, 3.8) is 0 Å². The van der Waals surface area contributed by atoms with Crippen molar-refractivity contribution < 1.29 is 14.6 Å². The van der Waals surface area contributed by atoms with Crippen LogP contribution < -0.4 is 10.5 Å². The Morgan fingerprint density at radius 2 is 1.62 bits per heavy atom. The van der Waals surface area contributed by atoms with E-state index >= 15 is 0 Å². The number of hydrogen-bond donors (Lipinski definition) is 2. The molecule has 24 heavy (non-hydrogen) atoms. The highest BCUT2D eigenvalue weighted by Gasteiger charge is 2.10. The van der Waals surface area contributed by atoms with Crippen LogP contribution in [0.4, 0.5) is 5.69 Å². The summed E-state index contributed by atoms with van der Waals surface area (Å²) in [5.74, 6) is 0.799. The average molecular weight is 329 g/mol. The van der Waals surface area contributed by atoms with Gasteiger partial charge in [0.1, 0.15) is 11.5 Å². The van der Waals surface area contributed by atoms with Gasteiger partial charge >= 0.3 is 5.97 Å². The minimum absolute atomic E-state index is 0.273. The smallest absolute Gasteiger partial charge is 0.303 e. The Hall–Kier alpha value is -2.49. The summed E-state index contributed by atoms with van der Waals surface area (Å²) >= 11 is 0. The van der Waals surface area contributed by atoms with Gasteiger partial charge in [-0.15, -0.1) is 0 Å². The van der Waals surface area contributed by atoms with Crippen LogP contribution in [0.5, 0.6) is 11.5 Å². The molecule has 0 amide bonds. The Bertz CT molecular complexity index is 618. The Balaban J connectivity index is 0.000000257. The normalized spacial score (nSPS) is 10.5. The zero-order valence-corrected chi connectivity index (χ0v) is 14.7. The number of aliphatic carboxylic acids is 1. The Morgan fingerprint density at radius 3 is 2.17 bits per heavy atom. The van der Waals surface area contributed by atoms with Crippen LogP contribution in [-0.4, -0.2) is 11.1 Å². The third-order valence-electron chi connectivity index (χ3n) is 3.21. The maximum Gasteiger partial charge on any atom is 0.303 e. The predicted molar refractivity (Wildman–Crippen MR) is 98.3 cm³/mol. The molecule has 0 fully saturated rings. The van der Waals surface area contributed by atoms with E-state index in [9.17, 15) is 4.79 Å². The molecule has 0 saturated heterocycles. The van der Waals surface area contributed by atoms with Gasteiger partial charge in [-0.2, -0.15) is 0 Å². The zero-order chi connectivity index (χ0) is 18.0. The highest BCUT2D eigenvalue weighted by atomic mass is 16.5. The summed E-state index contributed by atoms with van der Waals surface area (Å²) in [6.07, 6.45) is 2.08. The van der Waals surface area contributed by atoms with E-state index in [0.29, 0.717) is 17.9 Å². The van der Waals surface area contributed by atoms with Gasteiger partial charge < -0.3 is 15.6 Å². The first-order chi connectivity index (χ1) is 11.3. The summed E-state index contributed by atoms with van der Waals surface area (Å²) in [7, 11) is 0. The van der Waals surface area contributed by atoms with Gasteiger partial charge in [0.2, 0.25) is 0 Å². The van der Waals surface area contributed by atoms with Crippen LogP contribution in [-0.2, 0) is 4.79 Å². The second kappa shape index (κ2) is 9.60. The summed E-state index contributed by atoms with van der Waals surface area (Å²) in [4.78, 5) is 10.1. The highest BCUT2D eigenvalue weighted by molar-refractivity contribution is 5.66. The van der Waals surface area contributed by atoms with Crippen molar-refractivity contribution in [2.45, 2.75) is 40.0 Å². The predicted octanol–water partition coefficient (Wildman–Crippen LogP) is 5.35. The molecule has 0 unspecified atom stereocenters. The molecule has 0 heterocycles. The summed E-state index contributed by atoms with van der Waals surface area (Å²) in [5.41, 5.74) is 6.67. The molecule has 4 heteroatoms. The maximum atomic E-state index is 10.1. The van der Waals surface area contributed by atoms with E-state index in [-0.39, 0.29) is 5.41 Å². The van der Waals surface area contributed by atoms with Crippen LogP contribution in [0.3, 0.4) is 0 Å². The third-order valence-corrected chi connectivity index (χ3v) is 3.21. The summed E-state index contributed by atoms with van der Waals surface area (Å²) in [6, 6.07) is 17.0. The van der Waals surface area contributed by atoms with Crippen molar-refractivity contribution in [1.82, 2.24) is 0 Å². The first-order valence-corrected chi connectivity index (χ1v) is 8.07. The van der Waals surface area contributed by atoms with Crippen LogP contribution >= 0.6 is 0 Å². The number of benzene rings is 2. The summed E-state index contributed by atoms with van der Waals surface area (Å²) in [6.45, 7) is 6.36. The minimum atomic E-state index is -0.691. The number of carboxylic acids is 1. The fourth-order valence-electron chi connectivity index (χ4n) is 1.96. The van der Waals surface area contributed by atoms with Gasteiger partial charge in [-0.3, -0.25) is 4.79 Å². The first kappa shape index (κ1) is 19.6. The molecule has 0 atom stereocenters. The van der Waals surface area contributed by atoms with Gasteiger partial charge in [-0.25, -0.2) is 0 Å². The van der Waals surface area contributed by atoms with Crippen molar-refractivity contribution in [2.75, 3.05) is 5.73 Å². The van der Waals surface area contributed by atoms with Gasteiger partial charge in [-0.05, 0) is 42.5 Å². The standard InChI is InChI=1S/C12H11NO.C8H16O2/c13-11-8-4-5-9-12(11)14-10-6-2-1-3-7-10;1-8(2,3)6-4-5-7(9)10/h1-9H,13H2;4-6H2,1-3H3,(H,9,10). The van der Waals surface area contributed by atoms with E-state index in [2.05, 4.69) is 20.8 Å². The van der Waals surface area contributed by atoms with E-state index < -0.39 is 5.97 Å². The second-order valence-corrected chi connectivity index (χ2v) is 6.76. The topological polar surface area (TPSA) is 72.5 Å². The molecule has 2 rings (SSSR count). The van der Waals surface area contributed by atoms with E-state index in [1.54, 1.807) is 0 Å². The van der Waals surface area contributed by atoms with E-state index in [1.807, 2.05) is 54.6 Å². The number of nitrogen functional groups attached to an aromatic ring is 1. The first-order valence-electron chi connectivity index (χ1n) is 8.07. The van der Waals surface area contributed by atoms with Gasteiger partial charge in [-0.1, -0.05) is 51.1 Å². The number of nitrogens with two attached hydrogens (primary N) is 1. The van der Waals surface area contributed by atoms with Gasteiger partial charge in [0.25, 0.3) is 0 Å². The van der Waals surface area contributed by atoms with Crippen LogP contribution in [0.25, 0.3) is 0 Å². The Kier molecular flexibility index (Phi) is 7.83. The number of carbonyl (C=O) groups is 1. The fourth-order valence-corrected chi connectivity index (χ4v) is 1.96. The molecule has 2 aromatic rings. The third kappa shape index (κ3) is 8.83. The molecule has 0 aliphatic heterocycles. The summed E-state index contributed by atoms with van der Waals surface area (Å²) < 4.78 is 5.58. The molecule has 0 radical (unpaired) electrons. The van der Waals surface area contributed by atoms with Crippen molar-refractivity contribution in [3.8, 4) is 11.5 Å². The number of para-hydroxylation sites is 3. The number of rotatable bonds is 5. The number of carboxylic acid groups (broad SMARTS) is 1. The lowest BCUT2D eigenvalue weighted by molar-refractivity contribution is -0.137. The van der Waals surface area contributed by atoms with Crippen LogP contribution in [0, 0.1) is 5.41 Å². The van der Waals surface area contributed by atoms with E-state index in [1.165, 1.54) is 0 Å². The second-order valence-electron chi connectivity index (χ2n) is 6.76. The molecule has 0 aromatic heterocycles. The molecular weight excluding hydrogens is 302 g/mol. The van der Waals surface area contributed by atoms with Crippen molar-refractivity contribution in [1.29, 1.82) is 0 Å². The van der Waals surface area contributed by atoms with Gasteiger partial charge in [0.15, 0.2) is 0 Å². The molecule has 130 valence electrons. The number of hydrogen-bond acceptors (Lipinski definition) is 3. The molecule has 2 aromatic carbocycles. The number of anilines is 1. The fraction of sp³-hybridized carbons (Fsp3) is 0.350. The van der Waals surface area contributed by atoms with Gasteiger partial charge in [0.05, 0.1) is 5.69 Å². The Labute approximate surface area is 144 Å². The highest BCUT2D eigenvalue weighted by Crippen LogP contribution is 2.26. The van der Waals surface area contributed by atoms with Crippen molar-refractivity contribution in [3.05, 3.63) is 54.6 Å². The van der Waals surface area contributed by atoms with Crippen molar-refractivity contribution in [2.24, 2.45) is 5.41 Å². The summed E-state index contributed by atoms with van der Waals surface area (Å²) in [5, 5.41) is 8.31. The lowest BCUT2D eigenvalue weighted by atomic mass is 9.90. The van der Waals surface area contributed by atoms with Crippen LogP contribution in [0.15, 0.2) is 54.6 Å². The van der Waals surface area contributed by atoms with E-state index in [4.69, 9.17) is 15.6 Å². The van der Waals surface area contributed by atoms with Crippen LogP contribution in [0.2, 0.25) is 0 Å². The zero-order valence-electron chi connectivity index (χ0n) is 14.7. The molecule has 0 saturated carbocycles. The molecular formula is C20H27NO3. The largest absolute Gasteiger partial charge is 0.481 e. The molecule has 0 aliphatic rings. The quantitative estimate of drug-likeness (QED) is 0.725. The van der Waals surface area contributed by atoms with Gasteiger partial charge in [0, 0.05) is 6.42 Å². The van der Waals surface area contributed by atoms with E-state index in [0.717, 1.165) is 18.6 Å². The average Bonchev–Trinajstić information content (AvgIpc) is 2.50. The molecule has 0 aliphatic carbocycles. The molecule has 0 bridgehead atoms. The maximum absolute atomic E-state index is 10.1. The molecule has 4 nitrogen and oxygen atoms in total. The minimum Gasteiger partial charge on any atom is -0.481 e. The molecule has 0 spiro atoms. The Morgan fingerprint density at radius 1 is 1.04 bits per heavy atom. The van der Waals surface area contributed by atoms with Crippen LogP contribution in [0.1, 0.15) is 40.0 Å². The SMILES string of the molecule is CC(C)(C)CCCC(=O)O.Nc1ccccc1Oc1ccccc1. The monoisotopic (exact) mass is 329 g/mol. The lowest BCUT2D eigenvalue weighted by Gasteiger charge is -2.16.